The Morgan fingerprint density at radius 2 is 1.66 bits per heavy atom. The molecule has 0 fully saturated rings. The average molecular weight is 456 g/mol. The zero-order valence-corrected chi connectivity index (χ0v) is 19.4. The highest BCUT2D eigenvalue weighted by Gasteiger charge is 2.29. The fourth-order valence-corrected chi connectivity index (χ4v) is 4.97. The number of nitrogens with zero attached hydrogens (tertiary/aromatic N) is 1. The molecule has 3 aromatic carbocycles. The number of ether oxygens (including phenoxy) is 1. The van der Waals surface area contributed by atoms with Crippen LogP contribution in [-0.2, 0) is 21.2 Å². The molecule has 6 nitrogen and oxygen atoms in total. The van der Waals surface area contributed by atoms with Gasteiger partial charge in [-0.05, 0) is 67.3 Å². The molecule has 7 heteroatoms. The normalized spacial score (nSPS) is 12.2. The van der Waals surface area contributed by atoms with Crippen LogP contribution in [0.3, 0.4) is 0 Å². The van der Waals surface area contributed by atoms with Crippen LogP contribution in [0.15, 0.2) is 71.6 Å². The largest absolute Gasteiger partial charge is 0.478 e. The predicted octanol–water partition coefficient (Wildman–Crippen LogP) is 4.73. The molecule has 0 spiro atoms. The van der Waals surface area contributed by atoms with E-state index in [2.05, 4.69) is 0 Å². The van der Waals surface area contributed by atoms with E-state index in [-0.39, 0.29) is 0 Å². The van der Waals surface area contributed by atoms with Gasteiger partial charge in [-0.1, -0.05) is 49.4 Å². The first kappa shape index (κ1) is 23.8. The lowest BCUT2D eigenvalue weighted by molar-refractivity contribution is -0.152. The van der Waals surface area contributed by atoms with Crippen molar-refractivity contribution in [2.75, 3.05) is 13.1 Å². The Labute approximate surface area is 189 Å². The van der Waals surface area contributed by atoms with E-state index in [9.17, 15) is 18.3 Å². The molecule has 1 N–H and O–H groups in total. The molecule has 32 heavy (non-hydrogen) atoms. The summed E-state index contributed by atoms with van der Waals surface area (Å²) in [4.78, 5) is 11.5. The van der Waals surface area contributed by atoms with Gasteiger partial charge >= 0.3 is 5.97 Å². The summed E-state index contributed by atoms with van der Waals surface area (Å²) in [6, 6.07) is 20.2. The van der Waals surface area contributed by atoms with Crippen molar-refractivity contribution < 1.29 is 23.1 Å². The van der Waals surface area contributed by atoms with Gasteiger partial charge in [-0.25, -0.2) is 13.2 Å². The highest BCUT2D eigenvalue weighted by molar-refractivity contribution is 7.89. The van der Waals surface area contributed by atoms with Crippen molar-refractivity contribution >= 4 is 26.8 Å². The number of hydrogen-bond donors (Lipinski definition) is 1. The van der Waals surface area contributed by atoms with E-state index < -0.39 is 21.6 Å². The number of aliphatic carboxylic acids is 1. The fraction of sp³-hybridized carbons (Fsp3) is 0.320. The molecular weight excluding hydrogens is 426 g/mol. The summed E-state index contributed by atoms with van der Waals surface area (Å²) >= 11 is 0. The molecule has 0 aliphatic carbocycles. The van der Waals surface area contributed by atoms with Crippen LogP contribution in [0, 0.1) is 0 Å². The minimum Gasteiger partial charge on any atom is -0.478 e. The van der Waals surface area contributed by atoms with Crippen molar-refractivity contribution in [3.05, 3.63) is 72.3 Å². The fourth-order valence-electron chi connectivity index (χ4n) is 3.45. The quantitative estimate of drug-likeness (QED) is 0.478. The molecule has 0 amide bonds. The molecule has 170 valence electrons. The van der Waals surface area contributed by atoms with Crippen molar-refractivity contribution in [3.63, 3.8) is 0 Å². The molecule has 0 saturated carbocycles. The summed E-state index contributed by atoms with van der Waals surface area (Å²) in [5, 5.41) is 11.1. The van der Waals surface area contributed by atoms with Gasteiger partial charge in [0.2, 0.25) is 10.0 Å². The topological polar surface area (TPSA) is 83.9 Å². The second-order valence-corrected chi connectivity index (χ2v) is 10.1. The van der Waals surface area contributed by atoms with Gasteiger partial charge < -0.3 is 9.84 Å². The number of hydrogen-bond acceptors (Lipinski definition) is 4. The van der Waals surface area contributed by atoms with Gasteiger partial charge in [0, 0.05) is 13.1 Å². The molecule has 3 aromatic rings. The number of carboxylic acid groups (broad SMARTS) is 1. The molecule has 3 rings (SSSR count). The first-order valence-corrected chi connectivity index (χ1v) is 12.1. The van der Waals surface area contributed by atoms with Crippen LogP contribution in [0.2, 0.25) is 0 Å². The van der Waals surface area contributed by atoms with Gasteiger partial charge in [0.25, 0.3) is 0 Å². The van der Waals surface area contributed by atoms with E-state index in [4.69, 9.17) is 4.74 Å². The van der Waals surface area contributed by atoms with Gasteiger partial charge in [0.1, 0.15) is 5.75 Å². The van der Waals surface area contributed by atoms with Crippen LogP contribution in [0.1, 0.15) is 32.8 Å². The van der Waals surface area contributed by atoms with E-state index in [1.165, 1.54) is 18.2 Å². The second-order valence-electron chi connectivity index (χ2n) is 8.17. The molecule has 0 unspecified atom stereocenters. The molecule has 0 heterocycles. The lowest BCUT2D eigenvalue weighted by Crippen LogP contribution is -2.37. The standard InChI is InChI=1S/C25H29NO5S/c1-4-26(32(29,30)23-16-13-20-9-5-6-10-21(20)18-23)17-7-8-19-11-14-22(15-12-19)31-25(2,3)24(27)28/h5-6,9-16,18H,4,7-8,17H2,1-3H3,(H,27,28). The van der Waals surface area contributed by atoms with E-state index in [0.717, 1.165) is 16.3 Å². The molecule has 0 aliphatic rings. The second kappa shape index (κ2) is 9.71. The Morgan fingerprint density at radius 3 is 2.28 bits per heavy atom. The van der Waals surface area contributed by atoms with Crippen LogP contribution in [0.5, 0.6) is 5.75 Å². The molecular formula is C25H29NO5S. The third-order valence-corrected chi connectivity index (χ3v) is 7.37. The van der Waals surface area contributed by atoms with Crippen LogP contribution in [-0.4, -0.2) is 42.5 Å². The summed E-state index contributed by atoms with van der Waals surface area (Å²) in [5.74, 6) is -0.552. The highest BCUT2D eigenvalue weighted by atomic mass is 32.2. The smallest absolute Gasteiger partial charge is 0.347 e. The van der Waals surface area contributed by atoms with Crippen LogP contribution in [0.4, 0.5) is 0 Å². The number of carboxylic acids is 1. The monoisotopic (exact) mass is 455 g/mol. The third-order valence-electron chi connectivity index (χ3n) is 5.40. The number of aryl methyl sites for hydroxylation is 1. The Bertz CT molecular complexity index is 1190. The van der Waals surface area contributed by atoms with E-state index in [1.54, 1.807) is 24.3 Å². The van der Waals surface area contributed by atoms with E-state index in [0.29, 0.717) is 36.6 Å². The van der Waals surface area contributed by atoms with Crippen molar-refractivity contribution in [2.24, 2.45) is 0 Å². The maximum absolute atomic E-state index is 13.1. The van der Waals surface area contributed by atoms with Crippen LogP contribution >= 0.6 is 0 Å². The summed E-state index contributed by atoms with van der Waals surface area (Å²) in [5.41, 5.74) is -0.273. The van der Waals surface area contributed by atoms with Crippen molar-refractivity contribution in [2.45, 2.75) is 44.1 Å². The van der Waals surface area contributed by atoms with E-state index >= 15 is 0 Å². The third kappa shape index (κ3) is 5.47. The first-order valence-electron chi connectivity index (χ1n) is 10.6. The first-order chi connectivity index (χ1) is 15.1. The van der Waals surface area contributed by atoms with Gasteiger partial charge in [0.15, 0.2) is 5.60 Å². The lowest BCUT2D eigenvalue weighted by Gasteiger charge is -2.22. The maximum Gasteiger partial charge on any atom is 0.347 e. The maximum atomic E-state index is 13.1. The van der Waals surface area contributed by atoms with Gasteiger partial charge in [-0.2, -0.15) is 4.31 Å². The molecule has 0 radical (unpaired) electrons. The molecule has 0 aromatic heterocycles. The number of sulfonamides is 1. The zero-order valence-electron chi connectivity index (χ0n) is 18.6. The Morgan fingerprint density at radius 1 is 1.00 bits per heavy atom. The van der Waals surface area contributed by atoms with Gasteiger partial charge in [-0.15, -0.1) is 0 Å². The summed E-state index contributed by atoms with van der Waals surface area (Å²) in [7, 11) is -3.57. The lowest BCUT2D eigenvalue weighted by atomic mass is 10.1. The molecule has 0 bridgehead atoms. The summed E-state index contributed by atoms with van der Waals surface area (Å²) in [6.07, 6.45) is 1.37. The minimum absolute atomic E-state index is 0.306. The van der Waals surface area contributed by atoms with E-state index in [1.807, 2.05) is 49.4 Å². The number of benzene rings is 3. The number of carbonyl (C=O) groups is 1. The SMILES string of the molecule is CCN(CCCc1ccc(OC(C)(C)C(=O)O)cc1)S(=O)(=O)c1ccc2ccccc2c1. The average Bonchev–Trinajstić information content (AvgIpc) is 2.77. The van der Waals surface area contributed by atoms with Crippen LogP contribution in [0.25, 0.3) is 10.8 Å². The summed E-state index contributed by atoms with van der Waals surface area (Å²) < 4.78 is 33.3. The number of rotatable bonds is 10. The molecule has 0 aliphatic heterocycles. The minimum atomic E-state index is -3.57. The van der Waals surface area contributed by atoms with Crippen molar-refractivity contribution in [1.29, 1.82) is 0 Å². The summed E-state index contributed by atoms with van der Waals surface area (Å²) in [6.45, 7) is 5.65. The van der Waals surface area contributed by atoms with Gasteiger partial charge in [-0.3, -0.25) is 0 Å². The van der Waals surface area contributed by atoms with Crippen LogP contribution < -0.4 is 4.74 Å². The highest BCUT2D eigenvalue weighted by Crippen LogP contribution is 2.23. The number of fused-ring (bicyclic) bond motifs is 1. The zero-order chi connectivity index (χ0) is 23.4. The molecule has 0 atom stereocenters. The van der Waals surface area contributed by atoms with Gasteiger partial charge in [0.05, 0.1) is 4.90 Å². The van der Waals surface area contributed by atoms with Crippen molar-refractivity contribution in [3.8, 4) is 5.75 Å². The Kier molecular flexibility index (Phi) is 7.21. The van der Waals surface area contributed by atoms with Crippen molar-refractivity contribution in [1.82, 2.24) is 4.31 Å². The Balaban J connectivity index is 1.63. The predicted molar refractivity (Wildman–Crippen MR) is 125 cm³/mol. The Hall–Kier alpha value is -2.90. The molecule has 0 saturated heterocycles.